The summed E-state index contributed by atoms with van der Waals surface area (Å²) in [6, 6.07) is 9.70. The van der Waals surface area contributed by atoms with Crippen molar-refractivity contribution in [1.82, 2.24) is 20.7 Å². The Labute approximate surface area is 172 Å². The molecule has 2 aromatic rings. The highest BCUT2D eigenvalue weighted by atomic mass is 16.2. The monoisotopic (exact) mass is 400 g/mol. The maximum Gasteiger partial charge on any atom is 0.258 e. The summed E-state index contributed by atoms with van der Waals surface area (Å²) < 4.78 is 1.81. The third kappa shape index (κ3) is 7.60. The summed E-state index contributed by atoms with van der Waals surface area (Å²) in [5.41, 5.74) is 5.72. The first-order chi connectivity index (χ1) is 14.0. The van der Waals surface area contributed by atoms with E-state index in [1.54, 1.807) is 0 Å². The lowest BCUT2D eigenvalue weighted by Crippen LogP contribution is -2.43. The molecule has 0 fully saturated rings. The van der Waals surface area contributed by atoms with Gasteiger partial charge >= 0.3 is 0 Å². The third-order valence-electron chi connectivity index (χ3n) is 5.05. The lowest BCUT2D eigenvalue weighted by atomic mass is 9.99. The van der Waals surface area contributed by atoms with Crippen LogP contribution in [0.4, 0.5) is 0 Å². The summed E-state index contributed by atoms with van der Waals surface area (Å²) in [5, 5.41) is 3.95. The number of carbonyl (C=O) groups is 3. The minimum absolute atomic E-state index is 0.0321. The molecule has 3 amide bonds. The molecule has 2 rings (SSSR count). The van der Waals surface area contributed by atoms with Crippen molar-refractivity contribution in [2.75, 3.05) is 6.54 Å². The number of fused-ring (bicyclic) bond motifs is 1. The van der Waals surface area contributed by atoms with Crippen LogP contribution in [0.25, 0.3) is 10.9 Å². The van der Waals surface area contributed by atoms with Crippen LogP contribution < -0.4 is 16.2 Å². The average molecular weight is 401 g/mol. The molecule has 1 aromatic carbocycles. The van der Waals surface area contributed by atoms with Crippen molar-refractivity contribution in [2.45, 2.75) is 58.9 Å². The lowest BCUT2D eigenvalue weighted by molar-refractivity contribution is -0.130. The van der Waals surface area contributed by atoms with Gasteiger partial charge in [0.25, 0.3) is 5.91 Å². The minimum atomic E-state index is -0.385. The van der Waals surface area contributed by atoms with Gasteiger partial charge in [0.2, 0.25) is 11.8 Å². The predicted molar refractivity (Wildman–Crippen MR) is 114 cm³/mol. The van der Waals surface area contributed by atoms with Crippen molar-refractivity contribution < 1.29 is 14.4 Å². The second-order valence-electron chi connectivity index (χ2n) is 7.32. The quantitative estimate of drug-likeness (QED) is 0.507. The van der Waals surface area contributed by atoms with Crippen molar-refractivity contribution in [3.63, 3.8) is 0 Å². The van der Waals surface area contributed by atoms with Crippen LogP contribution in [0.5, 0.6) is 0 Å². The van der Waals surface area contributed by atoms with E-state index in [-0.39, 0.29) is 37.1 Å². The van der Waals surface area contributed by atoms with Crippen LogP contribution in [-0.2, 0) is 20.9 Å². The van der Waals surface area contributed by atoms with Gasteiger partial charge in [0.15, 0.2) is 0 Å². The summed E-state index contributed by atoms with van der Waals surface area (Å²) >= 11 is 0. The molecule has 0 saturated heterocycles. The fourth-order valence-electron chi connectivity index (χ4n) is 3.19. The number of rotatable bonds is 11. The molecule has 0 unspecified atom stereocenters. The Kier molecular flexibility index (Phi) is 9.21. The Morgan fingerprint density at radius 2 is 1.69 bits per heavy atom. The van der Waals surface area contributed by atoms with Crippen LogP contribution in [0, 0.1) is 5.92 Å². The number of nitrogens with zero attached hydrogens (tertiary/aromatic N) is 1. The molecule has 158 valence electrons. The Morgan fingerprint density at radius 1 is 0.966 bits per heavy atom. The Morgan fingerprint density at radius 3 is 2.45 bits per heavy atom. The van der Waals surface area contributed by atoms with Gasteiger partial charge in [0.1, 0.15) is 6.54 Å². The van der Waals surface area contributed by atoms with Gasteiger partial charge in [-0.25, -0.2) is 0 Å². The highest BCUT2D eigenvalue weighted by Gasteiger charge is 2.11. The zero-order valence-electron chi connectivity index (χ0n) is 17.4. The maximum atomic E-state index is 12.1. The van der Waals surface area contributed by atoms with Gasteiger partial charge in [-0.05, 0) is 29.9 Å². The number of aromatic nitrogens is 1. The normalized spacial score (nSPS) is 11.8. The number of amides is 3. The fourth-order valence-corrected chi connectivity index (χ4v) is 3.19. The molecule has 0 saturated carbocycles. The molecule has 0 aliphatic rings. The molecule has 29 heavy (non-hydrogen) atoms. The first-order valence-electron chi connectivity index (χ1n) is 10.4. The highest BCUT2D eigenvalue weighted by Crippen LogP contribution is 2.14. The SMILES string of the molecule is CCCC[C@H](CC)CNC(=O)CCC(=O)NNC(=O)Cn1ccc2ccccc21. The molecular formula is C22H32N4O3. The van der Waals surface area contributed by atoms with Crippen LogP contribution in [0.2, 0.25) is 0 Å². The number of hydrogen-bond acceptors (Lipinski definition) is 3. The van der Waals surface area contributed by atoms with Crippen LogP contribution in [0.1, 0.15) is 52.4 Å². The van der Waals surface area contributed by atoms with Crippen molar-refractivity contribution in [3.05, 3.63) is 36.5 Å². The maximum absolute atomic E-state index is 12.1. The van der Waals surface area contributed by atoms with Crippen molar-refractivity contribution in [2.24, 2.45) is 5.92 Å². The van der Waals surface area contributed by atoms with E-state index >= 15 is 0 Å². The number of nitrogens with one attached hydrogen (secondary N) is 3. The number of para-hydroxylation sites is 1. The second-order valence-corrected chi connectivity index (χ2v) is 7.32. The molecular weight excluding hydrogens is 368 g/mol. The molecule has 3 N–H and O–H groups in total. The van der Waals surface area contributed by atoms with E-state index in [2.05, 4.69) is 30.0 Å². The molecule has 0 spiro atoms. The second kappa shape index (κ2) is 11.9. The zero-order chi connectivity index (χ0) is 21.1. The minimum Gasteiger partial charge on any atom is -0.356 e. The van der Waals surface area contributed by atoms with Gasteiger partial charge in [-0.1, -0.05) is 51.3 Å². The van der Waals surface area contributed by atoms with Crippen molar-refractivity contribution in [1.29, 1.82) is 0 Å². The molecule has 1 heterocycles. The zero-order valence-corrected chi connectivity index (χ0v) is 17.4. The van der Waals surface area contributed by atoms with E-state index in [1.165, 1.54) is 0 Å². The van der Waals surface area contributed by atoms with Gasteiger partial charge in [-0.3, -0.25) is 25.2 Å². The van der Waals surface area contributed by atoms with Crippen LogP contribution in [0.3, 0.4) is 0 Å². The molecule has 7 nitrogen and oxygen atoms in total. The molecule has 0 bridgehead atoms. The van der Waals surface area contributed by atoms with E-state index in [0.29, 0.717) is 12.5 Å². The summed E-state index contributed by atoms with van der Waals surface area (Å²) in [5.74, 6) is -0.369. The summed E-state index contributed by atoms with van der Waals surface area (Å²) in [4.78, 5) is 35.9. The number of benzene rings is 1. The van der Waals surface area contributed by atoms with Gasteiger partial charge in [0, 0.05) is 31.1 Å². The first kappa shape index (κ1) is 22.5. The number of hydrogen-bond donors (Lipinski definition) is 3. The largest absolute Gasteiger partial charge is 0.356 e. The van der Waals surface area contributed by atoms with E-state index in [0.717, 1.165) is 36.6 Å². The molecule has 1 atom stereocenters. The predicted octanol–water partition coefficient (Wildman–Crippen LogP) is 2.90. The van der Waals surface area contributed by atoms with Gasteiger partial charge in [-0.15, -0.1) is 0 Å². The third-order valence-corrected chi connectivity index (χ3v) is 5.05. The van der Waals surface area contributed by atoms with Gasteiger partial charge in [0.05, 0.1) is 0 Å². The number of unbranched alkanes of at least 4 members (excludes halogenated alkanes) is 1. The standard InChI is InChI=1S/C22H32N4O3/c1-3-5-8-17(4-2)15-23-20(27)11-12-21(28)24-25-22(29)16-26-14-13-18-9-6-7-10-19(18)26/h6-7,9-10,13-14,17H,3-5,8,11-12,15-16H2,1-2H3,(H,23,27)(H,24,28)(H,25,29)/t17-/m0/s1. The summed E-state index contributed by atoms with van der Waals surface area (Å²) in [6.45, 7) is 5.03. The number of hydrazine groups is 1. The van der Waals surface area contributed by atoms with E-state index in [9.17, 15) is 14.4 Å². The Bertz CT molecular complexity index is 815. The van der Waals surface area contributed by atoms with Gasteiger partial charge < -0.3 is 9.88 Å². The first-order valence-corrected chi connectivity index (χ1v) is 10.4. The summed E-state index contributed by atoms with van der Waals surface area (Å²) in [7, 11) is 0. The van der Waals surface area contributed by atoms with Crippen molar-refractivity contribution >= 4 is 28.6 Å². The van der Waals surface area contributed by atoms with E-state index < -0.39 is 0 Å². The highest BCUT2D eigenvalue weighted by molar-refractivity contribution is 5.86. The molecule has 0 aliphatic heterocycles. The van der Waals surface area contributed by atoms with Gasteiger partial charge in [-0.2, -0.15) is 0 Å². The topological polar surface area (TPSA) is 92.2 Å². The Hall–Kier alpha value is -2.83. The van der Waals surface area contributed by atoms with E-state index in [4.69, 9.17) is 0 Å². The molecule has 0 radical (unpaired) electrons. The molecule has 0 aliphatic carbocycles. The Balaban J connectivity index is 1.65. The fraction of sp³-hybridized carbons (Fsp3) is 0.500. The van der Waals surface area contributed by atoms with E-state index in [1.807, 2.05) is 41.1 Å². The van der Waals surface area contributed by atoms with Crippen LogP contribution >= 0.6 is 0 Å². The lowest BCUT2D eigenvalue weighted by Gasteiger charge is -2.15. The van der Waals surface area contributed by atoms with Crippen LogP contribution in [0.15, 0.2) is 36.5 Å². The van der Waals surface area contributed by atoms with Crippen LogP contribution in [-0.4, -0.2) is 28.8 Å². The number of carbonyl (C=O) groups excluding carboxylic acids is 3. The average Bonchev–Trinajstić information content (AvgIpc) is 3.13. The molecule has 7 heteroatoms. The van der Waals surface area contributed by atoms with Crippen molar-refractivity contribution in [3.8, 4) is 0 Å². The smallest absolute Gasteiger partial charge is 0.258 e. The molecule has 1 aromatic heterocycles. The summed E-state index contributed by atoms with van der Waals surface area (Å²) in [6.07, 6.45) is 6.42.